The molecule has 1 unspecified atom stereocenters. The number of fused-ring (bicyclic) bond motifs is 1. The lowest BCUT2D eigenvalue weighted by Crippen LogP contribution is -2.33. The molecule has 1 aliphatic carbocycles. The number of nitrogens with one attached hydrogen (secondary N) is 1. The van der Waals surface area contributed by atoms with Crippen molar-refractivity contribution in [2.45, 2.75) is 39.2 Å². The quantitative estimate of drug-likeness (QED) is 0.761. The van der Waals surface area contributed by atoms with Crippen LogP contribution in [-0.2, 0) is 6.42 Å². The van der Waals surface area contributed by atoms with E-state index in [1.54, 1.807) is 18.0 Å². The molecule has 28 heavy (non-hydrogen) atoms. The van der Waals surface area contributed by atoms with Crippen LogP contribution in [0.15, 0.2) is 41.3 Å². The molecule has 0 saturated heterocycles. The van der Waals surface area contributed by atoms with Gasteiger partial charge in [-0.25, -0.2) is 9.67 Å². The summed E-state index contributed by atoms with van der Waals surface area (Å²) < 4.78 is 1.50. The Morgan fingerprint density at radius 1 is 1.29 bits per heavy atom. The number of aromatic amines is 1. The molecule has 3 aromatic rings. The van der Waals surface area contributed by atoms with Crippen molar-refractivity contribution in [2.75, 3.05) is 7.05 Å². The lowest BCUT2D eigenvalue weighted by atomic mass is 9.87. The van der Waals surface area contributed by atoms with Gasteiger partial charge in [-0.1, -0.05) is 24.3 Å². The lowest BCUT2D eigenvalue weighted by molar-refractivity contribution is 0.0714. The lowest BCUT2D eigenvalue weighted by Gasteiger charge is -2.33. The predicted octanol–water partition coefficient (Wildman–Crippen LogP) is 2.72. The van der Waals surface area contributed by atoms with Gasteiger partial charge in [0.05, 0.1) is 23.5 Å². The van der Waals surface area contributed by atoms with E-state index < -0.39 is 0 Å². The highest BCUT2D eigenvalue weighted by atomic mass is 16.2. The highest BCUT2D eigenvalue weighted by Gasteiger charge is 2.29. The van der Waals surface area contributed by atoms with E-state index in [4.69, 9.17) is 0 Å². The van der Waals surface area contributed by atoms with Crippen molar-refractivity contribution in [3.8, 4) is 5.95 Å². The fourth-order valence-corrected chi connectivity index (χ4v) is 3.96. The molecule has 0 radical (unpaired) electrons. The number of benzene rings is 1. The van der Waals surface area contributed by atoms with Gasteiger partial charge in [0, 0.05) is 18.8 Å². The number of carbonyl (C=O) groups excluding carboxylic acids is 1. The Morgan fingerprint density at radius 3 is 2.86 bits per heavy atom. The maximum absolute atomic E-state index is 13.2. The number of hydrogen-bond donors (Lipinski definition) is 1. The topological polar surface area (TPSA) is 83.9 Å². The van der Waals surface area contributed by atoms with Crippen molar-refractivity contribution >= 4 is 5.91 Å². The summed E-state index contributed by atoms with van der Waals surface area (Å²) in [5.41, 5.74) is 4.04. The molecule has 7 nitrogen and oxygen atoms in total. The molecule has 144 valence electrons. The molecular weight excluding hydrogens is 354 g/mol. The minimum absolute atomic E-state index is 0.0529. The van der Waals surface area contributed by atoms with Gasteiger partial charge in [0.1, 0.15) is 0 Å². The Bertz CT molecular complexity index is 1100. The Hall–Kier alpha value is -3.22. The largest absolute Gasteiger partial charge is 0.335 e. The number of H-pyrrole nitrogens is 1. The highest BCUT2D eigenvalue weighted by Crippen LogP contribution is 2.34. The summed E-state index contributed by atoms with van der Waals surface area (Å²) in [4.78, 5) is 33.8. The maximum atomic E-state index is 13.2. The second kappa shape index (κ2) is 7.07. The molecule has 1 N–H and O–H groups in total. The van der Waals surface area contributed by atoms with E-state index in [0.717, 1.165) is 19.3 Å². The third kappa shape index (κ3) is 3.13. The first-order valence-electron chi connectivity index (χ1n) is 9.43. The van der Waals surface area contributed by atoms with Gasteiger partial charge in [-0.2, -0.15) is 5.10 Å². The van der Waals surface area contributed by atoms with Gasteiger partial charge in [-0.3, -0.25) is 14.6 Å². The zero-order valence-corrected chi connectivity index (χ0v) is 16.3. The number of aromatic nitrogens is 4. The summed E-state index contributed by atoms with van der Waals surface area (Å²) in [6.07, 6.45) is 4.61. The van der Waals surface area contributed by atoms with E-state index in [1.165, 1.54) is 21.9 Å². The summed E-state index contributed by atoms with van der Waals surface area (Å²) in [5.74, 6) is 0.229. The molecule has 1 aromatic carbocycles. The molecule has 2 heterocycles. The molecule has 1 atom stereocenters. The fourth-order valence-electron chi connectivity index (χ4n) is 3.96. The Morgan fingerprint density at radius 2 is 2.07 bits per heavy atom. The monoisotopic (exact) mass is 377 g/mol. The van der Waals surface area contributed by atoms with Crippen LogP contribution in [0, 0.1) is 13.8 Å². The average molecular weight is 377 g/mol. The van der Waals surface area contributed by atoms with Crippen LogP contribution in [0.2, 0.25) is 0 Å². The van der Waals surface area contributed by atoms with Gasteiger partial charge in [-0.15, -0.1) is 0 Å². The molecule has 2 aromatic heterocycles. The van der Waals surface area contributed by atoms with Gasteiger partial charge in [0.2, 0.25) is 5.95 Å². The summed E-state index contributed by atoms with van der Waals surface area (Å²) in [5, 5.41) is 4.30. The van der Waals surface area contributed by atoms with Gasteiger partial charge in [-0.05, 0) is 44.2 Å². The highest BCUT2D eigenvalue weighted by molar-refractivity contribution is 5.95. The summed E-state index contributed by atoms with van der Waals surface area (Å²) in [6.45, 7) is 3.56. The zero-order valence-electron chi connectivity index (χ0n) is 16.3. The van der Waals surface area contributed by atoms with E-state index in [0.29, 0.717) is 22.9 Å². The predicted molar refractivity (Wildman–Crippen MR) is 106 cm³/mol. The molecule has 7 heteroatoms. The zero-order chi connectivity index (χ0) is 19.8. The van der Waals surface area contributed by atoms with Crippen LogP contribution in [0.1, 0.15) is 51.8 Å². The third-order valence-electron chi connectivity index (χ3n) is 5.42. The molecular formula is C21H23N5O2. The van der Waals surface area contributed by atoms with E-state index in [2.05, 4.69) is 27.2 Å². The van der Waals surface area contributed by atoms with Crippen molar-refractivity contribution in [3.63, 3.8) is 0 Å². The molecule has 0 spiro atoms. The second-order valence-electron chi connectivity index (χ2n) is 7.29. The molecule has 0 saturated carbocycles. The number of hydrogen-bond acceptors (Lipinski definition) is 4. The average Bonchev–Trinajstić information content (AvgIpc) is 3.07. The standard InChI is InChI=1S/C21H23N5O2/c1-13-11-19(27)24-21(23-13)26-14(2)17(12-22-26)20(28)25(3)18-10-6-8-15-7-4-5-9-16(15)18/h4-5,7,9,11-12,18H,6,8,10H2,1-3H3,(H,23,24,27). The van der Waals surface area contributed by atoms with Crippen molar-refractivity contribution in [1.29, 1.82) is 0 Å². The maximum Gasteiger partial charge on any atom is 0.257 e. The van der Waals surface area contributed by atoms with Crippen LogP contribution >= 0.6 is 0 Å². The van der Waals surface area contributed by atoms with Crippen LogP contribution in [-0.4, -0.2) is 37.6 Å². The number of carbonyl (C=O) groups is 1. The third-order valence-corrected chi connectivity index (χ3v) is 5.42. The first kappa shape index (κ1) is 18.2. The Labute approximate surface area is 163 Å². The fraction of sp³-hybridized carbons (Fsp3) is 0.333. The van der Waals surface area contributed by atoms with E-state index in [1.807, 2.05) is 26.1 Å². The van der Waals surface area contributed by atoms with E-state index in [9.17, 15) is 9.59 Å². The first-order valence-corrected chi connectivity index (χ1v) is 9.43. The number of amides is 1. The van der Waals surface area contributed by atoms with Crippen LogP contribution in [0.3, 0.4) is 0 Å². The van der Waals surface area contributed by atoms with Crippen molar-refractivity contribution in [2.24, 2.45) is 0 Å². The van der Waals surface area contributed by atoms with Crippen LogP contribution in [0.25, 0.3) is 5.95 Å². The van der Waals surface area contributed by atoms with Gasteiger partial charge < -0.3 is 4.90 Å². The van der Waals surface area contributed by atoms with Crippen molar-refractivity contribution in [3.05, 3.63) is 75.0 Å². The first-order chi connectivity index (χ1) is 13.5. The molecule has 0 fully saturated rings. The SMILES string of the molecule is Cc1cc(=O)[nH]c(-n2ncc(C(=O)N(C)C3CCCc4ccccc43)c2C)n1. The van der Waals surface area contributed by atoms with Crippen molar-refractivity contribution in [1.82, 2.24) is 24.6 Å². The van der Waals surface area contributed by atoms with Gasteiger partial charge >= 0.3 is 0 Å². The van der Waals surface area contributed by atoms with Crippen molar-refractivity contribution < 1.29 is 4.79 Å². The summed E-state index contributed by atoms with van der Waals surface area (Å²) in [6, 6.07) is 9.80. The Kier molecular flexibility index (Phi) is 4.58. The molecule has 1 amide bonds. The molecule has 4 rings (SSSR count). The second-order valence-corrected chi connectivity index (χ2v) is 7.29. The molecule has 0 bridgehead atoms. The van der Waals surface area contributed by atoms with Crippen LogP contribution < -0.4 is 5.56 Å². The van der Waals surface area contributed by atoms with Gasteiger partial charge in [0.25, 0.3) is 11.5 Å². The molecule has 1 aliphatic rings. The van der Waals surface area contributed by atoms with Gasteiger partial charge in [0.15, 0.2) is 0 Å². The minimum atomic E-state index is -0.249. The van der Waals surface area contributed by atoms with Crippen LogP contribution in [0.5, 0.6) is 0 Å². The number of rotatable bonds is 3. The normalized spacial score (nSPS) is 15.9. The minimum Gasteiger partial charge on any atom is -0.335 e. The molecule has 0 aliphatic heterocycles. The van der Waals surface area contributed by atoms with Crippen LogP contribution in [0.4, 0.5) is 0 Å². The summed E-state index contributed by atoms with van der Waals surface area (Å²) in [7, 11) is 1.85. The van der Waals surface area contributed by atoms with E-state index >= 15 is 0 Å². The smallest absolute Gasteiger partial charge is 0.257 e. The summed E-state index contributed by atoms with van der Waals surface area (Å²) >= 11 is 0. The van der Waals surface area contributed by atoms with E-state index in [-0.39, 0.29) is 17.5 Å². The number of nitrogens with zero attached hydrogens (tertiary/aromatic N) is 4. The Balaban J connectivity index is 1.66. The number of aryl methyl sites for hydroxylation is 2.